The average Bonchev–Trinajstić information content (AvgIpc) is 2.20. The molecule has 0 spiro atoms. The SMILES string of the molecule is CCC.O=C([O-])Oc1ccccc1OC(=O)[O-]. The van der Waals surface area contributed by atoms with E-state index in [4.69, 9.17) is 0 Å². The smallest absolute Gasteiger partial charge is 0.257 e. The molecular weight excluding hydrogens is 228 g/mol. The fourth-order valence-corrected chi connectivity index (χ4v) is 0.798. The number of hydrogen-bond donors (Lipinski definition) is 0. The van der Waals surface area contributed by atoms with Crippen molar-refractivity contribution in [3.8, 4) is 11.5 Å². The number of carboxylic acid groups (broad SMARTS) is 2. The molecular formula is C11H12O6-2. The highest BCUT2D eigenvalue weighted by atomic mass is 16.7. The van der Waals surface area contributed by atoms with Gasteiger partial charge in [-0.2, -0.15) is 0 Å². The first-order chi connectivity index (χ1) is 8.01. The van der Waals surface area contributed by atoms with Crippen molar-refractivity contribution in [3.05, 3.63) is 24.3 Å². The number of hydrogen-bond acceptors (Lipinski definition) is 6. The van der Waals surface area contributed by atoms with E-state index in [0.717, 1.165) is 0 Å². The van der Waals surface area contributed by atoms with Gasteiger partial charge in [0.25, 0.3) is 12.3 Å². The zero-order valence-corrected chi connectivity index (χ0v) is 9.47. The van der Waals surface area contributed by atoms with Gasteiger partial charge in [0.2, 0.25) is 0 Å². The Bertz CT molecular complexity index is 339. The topological polar surface area (TPSA) is 98.7 Å². The average molecular weight is 240 g/mol. The second-order valence-electron chi connectivity index (χ2n) is 2.86. The highest BCUT2D eigenvalue weighted by Gasteiger charge is 1.99. The predicted molar refractivity (Wildman–Crippen MR) is 54.5 cm³/mol. The van der Waals surface area contributed by atoms with Crippen LogP contribution in [0.4, 0.5) is 9.59 Å². The van der Waals surface area contributed by atoms with Gasteiger partial charge in [-0.3, -0.25) is 0 Å². The third-order valence-corrected chi connectivity index (χ3v) is 1.24. The van der Waals surface area contributed by atoms with E-state index in [1.165, 1.54) is 30.7 Å². The third kappa shape index (κ3) is 6.77. The third-order valence-electron chi connectivity index (χ3n) is 1.24. The van der Waals surface area contributed by atoms with Crippen molar-refractivity contribution in [2.24, 2.45) is 0 Å². The Hall–Kier alpha value is -2.24. The van der Waals surface area contributed by atoms with E-state index in [1.54, 1.807) is 0 Å². The second-order valence-corrected chi connectivity index (χ2v) is 2.86. The monoisotopic (exact) mass is 240 g/mol. The summed E-state index contributed by atoms with van der Waals surface area (Å²) in [5.41, 5.74) is 0. The zero-order chi connectivity index (χ0) is 13.3. The number of carbonyl (C=O) groups excluding carboxylic acids is 2. The number of para-hydroxylation sites is 2. The van der Waals surface area contributed by atoms with E-state index < -0.39 is 12.3 Å². The molecule has 0 aliphatic heterocycles. The molecule has 0 heterocycles. The van der Waals surface area contributed by atoms with Crippen LogP contribution < -0.4 is 19.7 Å². The molecule has 0 N–H and O–H groups in total. The molecule has 0 aliphatic rings. The van der Waals surface area contributed by atoms with Crippen LogP contribution in [0.1, 0.15) is 20.3 Å². The summed E-state index contributed by atoms with van der Waals surface area (Å²) in [6.45, 7) is 4.25. The minimum Gasteiger partial charge on any atom is -0.512 e. The second kappa shape index (κ2) is 7.98. The lowest BCUT2D eigenvalue weighted by Crippen LogP contribution is -2.29. The van der Waals surface area contributed by atoms with E-state index in [1.807, 2.05) is 0 Å². The molecule has 0 atom stereocenters. The van der Waals surface area contributed by atoms with Gasteiger partial charge in [-0.1, -0.05) is 32.4 Å². The summed E-state index contributed by atoms with van der Waals surface area (Å²) in [6.07, 6.45) is -2.36. The lowest BCUT2D eigenvalue weighted by atomic mass is 10.3. The Morgan fingerprint density at radius 1 is 1.00 bits per heavy atom. The summed E-state index contributed by atoms with van der Waals surface area (Å²) in [5.74, 6) is -0.534. The van der Waals surface area contributed by atoms with E-state index in [2.05, 4.69) is 23.3 Å². The van der Waals surface area contributed by atoms with Crippen molar-refractivity contribution in [1.29, 1.82) is 0 Å². The summed E-state index contributed by atoms with van der Waals surface area (Å²) in [5, 5.41) is 20.1. The van der Waals surface area contributed by atoms with Crippen molar-refractivity contribution in [1.82, 2.24) is 0 Å². The molecule has 0 bridgehead atoms. The molecule has 6 heteroatoms. The van der Waals surface area contributed by atoms with Crippen molar-refractivity contribution >= 4 is 12.3 Å². The van der Waals surface area contributed by atoms with Crippen LogP contribution in [0.3, 0.4) is 0 Å². The lowest BCUT2D eigenvalue weighted by molar-refractivity contribution is -0.275. The standard InChI is InChI=1S/C8H6O6.C3H8/c9-7(10)13-5-3-1-2-4-6(5)14-8(11)12;1-3-2/h1-4H,(H,9,10)(H,11,12);3H2,1-2H3/p-2. The molecule has 94 valence electrons. The van der Waals surface area contributed by atoms with Gasteiger partial charge < -0.3 is 29.3 Å². The van der Waals surface area contributed by atoms with E-state index in [-0.39, 0.29) is 11.5 Å². The first-order valence-electron chi connectivity index (χ1n) is 4.87. The van der Waals surface area contributed by atoms with Gasteiger partial charge >= 0.3 is 0 Å². The van der Waals surface area contributed by atoms with Gasteiger partial charge in [0, 0.05) is 0 Å². The van der Waals surface area contributed by atoms with Crippen LogP contribution in [0.2, 0.25) is 0 Å². The number of benzene rings is 1. The maximum absolute atomic E-state index is 10.1. The molecule has 1 aromatic rings. The summed E-state index contributed by atoms with van der Waals surface area (Å²) < 4.78 is 8.27. The maximum Gasteiger partial charge on any atom is 0.257 e. The Labute approximate surface area is 98.4 Å². The molecule has 0 aliphatic carbocycles. The highest BCUT2D eigenvalue weighted by Crippen LogP contribution is 2.25. The maximum atomic E-state index is 10.1. The molecule has 1 aromatic carbocycles. The van der Waals surface area contributed by atoms with Crippen molar-refractivity contribution in [2.45, 2.75) is 20.3 Å². The lowest BCUT2D eigenvalue weighted by Gasteiger charge is -2.16. The first kappa shape index (κ1) is 14.8. The van der Waals surface area contributed by atoms with Crippen LogP contribution >= 0.6 is 0 Å². The highest BCUT2D eigenvalue weighted by molar-refractivity contribution is 5.64. The molecule has 1 rings (SSSR count). The summed E-state index contributed by atoms with van der Waals surface area (Å²) in [6, 6.07) is 5.32. The van der Waals surface area contributed by atoms with Gasteiger partial charge in [0.05, 0.1) is 11.5 Å². The largest absolute Gasteiger partial charge is 0.512 e. The van der Waals surface area contributed by atoms with Gasteiger partial charge in [0.15, 0.2) is 0 Å². The van der Waals surface area contributed by atoms with Crippen molar-refractivity contribution < 1.29 is 29.3 Å². The van der Waals surface area contributed by atoms with Crippen molar-refractivity contribution in [3.63, 3.8) is 0 Å². The van der Waals surface area contributed by atoms with Gasteiger partial charge in [0.1, 0.15) is 0 Å². The fourth-order valence-electron chi connectivity index (χ4n) is 0.798. The molecule has 6 nitrogen and oxygen atoms in total. The summed E-state index contributed by atoms with van der Waals surface area (Å²) in [7, 11) is 0. The van der Waals surface area contributed by atoms with Crippen LogP contribution in [-0.2, 0) is 0 Å². The van der Waals surface area contributed by atoms with Crippen LogP contribution in [0.5, 0.6) is 11.5 Å². The molecule has 0 saturated carbocycles. The Morgan fingerprint density at radius 3 is 1.53 bits per heavy atom. The Morgan fingerprint density at radius 2 is 1.29 bits per heavy atom. The van der Waals surface area contributed by atoms with Crippen molar-refractivity contribution in [2.75, 3.05) is 0 Å². The number of carbonyl (C=O) groups is 2. The van der Waals surface area contributed by atoms with E-state index in [0.29, 0.717) is 0 Å². The van der Waals surface area contributed by atoms with E-state index in [9.17, 15) is 19.8 Å². The summed E-state index contributed by atoms with van der Waals surface area (Å²) >= 11 is 0. The molecule has 0 fully saturated rings. The van der Waals surface area contributed by atoms with Crippen LogP contribution in [0.15, 0.2) is 24.3 Å². The van der Waals surface area contributed by atoms with Crippen LogP contribution in [-0.4, -0.2) is 12.3 Å². The molecule has 0 aromatic heterocycles. The van der Waals surface area contributed by atoms with Gasteiger partial charge in [-0.05, 0) is 12.1 Å². The number of rotatable bonds is 2. The van der Waals surface area contributed by atoms with Gasteiger partial charge in [-0.15, -0.1) is 0 Å². The Kier molecular flexibility index (Phi) is 6.92. The van der Waals surface area contributed by atoms with Crippen LogP contribution in [0, 0.1) is 0 Å². The van der Waals surface area contributed by atoms with E-state index >= 15 is 0 Å². The molecule has 0 amide bonds. The Balaban J connectivity index is 0.000000770. The quantitative estimate of drug-likeness (QED) is 0.552. The molecule has 0 unspecified atom stereocenters. The van der Waals surface area contributed by atoms with Crippen LogP contribution in [0.25, 0.3) is 0 Å². The summed E-state index contributed by atoms with van der Waals surface area (Å²) in [4.78, 5) is 20.1. The predicted octanol–water partition coefficient (Wildman–Crippen LogP) is 0.547. The zero-order valence-electron chi connectivity index (χ0n) is 9.47. The van der Waals surface area contributed by atoms with Gasteiger partial charge in [-0.25, -0.2) is 0 Å². The molecule has 0 radical (unpaired) electrons. The molecule has 0 saturated heterocycles. The fraction of sp³-hybridized carbons (Fsp3) is 0.273. The first-order valence-corrected chi connectivity index (χ1v) is 4.87. The normalized spacial score (nSPS) is 8.59. The number of ether oxygens (including phenoxy) is 2. The molecule has 17 heavy (non-hydrogen) atoms. The minimum atomic E-state index is -1.81. The minimum absolute atomic E-state index is 0.267.